The second kappa shape index (κ2) is 6.61. The van der Waals surface area contributed by atoms with Gasteiger partial charge in [-0.3, -0.25) is 0 Å². The van der Waals surface area contributed by atoms with E-state index < -0.39 is 12.1 Å². The minimum absolute atomic E-state index is 0.493. The van der Waals surface area contributed by atoms with E-state index in [1.54, 1.807) is 24.3 Å². The monoisotopic (exact) mass is 272 g/mol. The van der Waals surface area contributed by atoms with Gasteiger partial charge in [0.2, 0.25) is 0 Å². The molecule has 2 rings (SSSR count). The van der Waals surface area contributed by atoms with E-state index in [-0.39, 0.29) is 0 Å². The van der Waals surface area contributed by atoms with E-state index in [0.29, 0.717) is 18.1 Å². The molecule has 0 aliphatic heterocycles. The Morgan fingerprint density at radius 2 is 1.65 bits per heavy atom. The third-order valence-corrected chi connectivity index (χ3v) is 2.73. The van der Waals surface area contributed by atoms with Crippen LogP contribution in [0.25, 0.3) is 0 Å². The van der Waals surface area contributed by atoms with Gasteiger partial charge in [-0.05, 0) is 36.8 Å². The normalized spacial score (nSPS) is 11.7. The molecule has 0 heterocycles. The van der Waals surface area contributed by atoms with Crippen LogP contribution in [0.15, 0.2) is 54.6 Å². The number of benzene rings is 2. The van der Waals surface area contributed by atoms with Crippen molar-refractivity contribution in [3.8, 4) is 11.5 Å². The SMILES string of the molecule is C[C@H](Oc1ccc(OCc2ccccc2)cc1)C(=O)O. The topological polar surface area (TPSA) is 55.8 Å². The molecule has 2 aromatic carbocycles. The molecule has 0 fully saturated rings. The van der Waals surface area contributed by atoms with E-state index in [2.05, 4.69) is 0 Å². The first kappa shape index (κ1) is 13.9. The van der Waals surface area contributed by atoms with Crippen LogP contribution >= 0.6 is 0 Å². The van der Waals surface area contributed by atoms with Crippen LogP contribution in [0.4, 0.5) is 0 Å². The number of hydrogen-bond donors (Lipinski definition) is 1. The first-order chi connectivity index (χ1) is 9.65. The van der Waals surface area contributed by atoms with Crippen molar-refractivity contribution in [2.75, 3.05) is 0 Å². The fourth-order valence-electron chi connectivity index (χ4n) is 1.61. The summed E-state index contributed by atoms with van der Waals surface area (Å²) in [6.45, 7) is 1.98. The van der Waals surface area contributed by atoms with Crippen LogP contribution in [-0.2, 0) is 11.4 Å². The predicted molar refractivity (Wildman–Crippen MR) is 74.9 cm³/mol. The number of hydrogen-bond acceptors (Lipinski definition) is 3. The molecule has 0 aliphatic carbocycles. The molecule has 0 saturated carbocycles. The first-order valence-electron chi connectivity index (χ1n) is 6.31. The van der Waals surface area contributed by atoms with Crippen molar-refractivity contribution in [1.82, 2.24) is 0 Å². The van der Waals surface area contributed by atoms with Crippen LogP contribution < -0.4 is 9.47 Å². The van der Waals surface area contributed by atoms with Gasteiger partial charge in [-0.2, -0.15) is 0 Å². The third-order valence-electron chi connectivity index (χ3n) is 2.73. The van der Waals surface area contributed by atoms with Crippen molar-refractivity contribution >= 4 is 5.97 Å². The first-order valence-corrected chi connectivity index (χ1v) is 6.31. The summed E-state index contributed by atoms with van der Waals surface area (Å²) in [6.07, 6.45) is -0.869. The lowest BCUT2D eigenvalue weighted by atomic mass is 10.2. The highest BCUT2D eigenvalue weighted by atomic mass is 16.5. The number of carboxylic acids is 1. The number of rotatable bonds is 6. The van der Waals surface area contributed by atoms with Crippen molar-refractivity contribution in [1.29, 1.82) is 0 Å². The van der Waals surface area contributed by atoms with Gasteiger partial charge in [-0.1, -0.05) is 30.3 Å². The Labute approximate surface area is 117 Å². The van der Waals surface area contributed by atoms with Gasteiger partial charge in [0.1, 0.15) is 18.1 Å². The maximum Gasteiger partial charge on any atom is 0.344 e. The van der Waals surface area contributed by atoms with Gasteiger partial charge in [-0.15, -0.1) is 0 Å². The van der Waals surface area contributed by atoms with Gasteiger partial charge in [0.05, 0.1) is 0 Å². The summed E-state index contributed by atoms with van der Waals surface area (Å²) in [4.78, 5) is 10.7. The average molecular weight is 272 g/mol. The van der Waals surface area contributed by atoms with Gasteiger partial charge in [0.25, 0.3) is 0 Å². The Hall–Kier alpha value is -2.49. The lowest BCUT2D eigenvalue weighted by molar-refractivity contribution is -0.144. The summed E-state index contributed by atoms with van der Waals surface area (Å²) in [7, 11) is 0. The van der Waals surface area contributed by atoms with Gasteiger partial charge < -0.3 is 14.6 Å². The summed E-state index contributed by atoms with van der Waals surface area (Å²) >= 11 is 0. The van der Waals surface area contributed by atoms with Gasteiger partial charge in [0, 0.05) is 0 Å². The Morgan fingerprint density at radius 1 is 1.05 bits per heavy atom. The molecule has 0 unspecified atom stereocenters. The lowest BCUT2D eigenvalue weighted by Gasteiger charge is -2.11. The summed E-state index contributed by atoms with van der Waals surface area (Å²) in [5.41, 5.74) is 1.09. The van der Waals surface area contributed by atoms with Gasteiger partial charge >= 0.3 is 5.97 Å². The van der Waals surface area contributed by atoms with Crippen LogP contribution in [0, 0.1) is 0 Å². The molecule has 0 aliphatic rings. The molecular weight excluding hydrogens is 256 g/mol. The number of carboxylic acid groups (broad SMARTS) is 1. The molecule has 4 nitrogen and oxygen atoms in total. The van der Waals surface area contributed by atoms with E-state index >= 15 is 0 Å². The Kier molecular flexibility index (Phi) is 4.60. The molecular formula is C16H16O4. The molecule has 4 heteroatoms. The third kappa shape index (κ3) is 4.02. The molecule has 0 amide bonds. The molecule has 104 valence electrons. The Balaban J connectivity index is 1.90. The predicted octanol–water partition coefficient (Wildman–Crippen LogP) is 3.12. The fraction of sp³-hybridized carbons (Fsp3) is 0.188. The molecule has 1 atom stereocenters. The van der Waals surface area contributed by atoms with E-state index in [1.807, 2.05) is 30.3 Å². The molecule has 0 spiro atoms. The van der Waals surface area contributed by atoms with Crippen molar-refractivity contribution in [3.63, 3.8) is 0 Å². The van der Waals surface area contributed by atoms with Gasteiger partial charge in [0.15, 0.2) is 6.10 Å². The lowest BCUT2D eigenvalue weighted by Crippen LogP contribution is -2.22. The number of ether oxygens (including phenoxy) is 2. The summed E-state index contributed by atoms with van der Waals surface area (Å²) in [5.74, 6) is 0.227. The van der Waals surface area contributed by atoms with Crippen LogP contribution in [0.5, 0.6) is 11.5 Å². The minimum Gasteiger partial charge on any atom is -0.489 e. The van der Waals surface area contributed by atoms with Crippen molar-refractivity contribution in [2.45, 2.75) is 19.6 Å². The summed E-state index contributed by atoms with van der Waals surface area (Å²) < 4.78 is 10.9. The second-order valence-electron chi connectivity index (χ2n) is 4.34. The Morgan fingerprint density at radius 3 is 2.25 bits per heavy atom. The van der Waals surface area contributed by atoms with Crippen molar-refractivity contribution in [3.05, 3.63) is 60.2 Å². The zero-order chi connectivity index (χ0) is 14.4. The molecule has 20 heavy (non-hydrogen) atoms. The van der Waals surface area contributed by atoms with Crippen molar-refractivity contribution < 1.29 is 19.4 Å². The standard InChI is InChI=1S/C16H16O4/c1-12(16(17)18)20-15-9-7-14(8-10-15)19-11-13-5-3-2-4-6-13/h2-10,12H,11H2,1H3,(H,17,18)/t12-/m0/s1. The molecule has 0 radical (unpaired) electrons. The minimum atomic E-state index is -0.991. The number of aliphatic carboxylic acids is 1. The average Bonchev–Trinajstić information content (AvgIpc) is 2.47. The molecule has 0 saturated heterocycles. The van der Waals surface area contributed by atoms with Crippen LogP contribution in [0.3, 0.4) is 0 Å². The van der Waals surface area contributed by atoms with E-state index in [0.717, 1.165) is 5.56 Å². The highest BCUT2D eigenvalue weighted by Gasteiger charge is 2.12. The zero-order valence-electron chi connectivity index (χ0n) is 11.2. The Bertz CT molecular complexity index is 548. The molecule has 0 aromatic heterocycles. The smallest absolute Gasteiger partial charge is 0.344 e. The van der Waals surface area contributed by atoms with Crippen molar-refractivity contribution in [2.24, 2.45) is 0 Å². The fourth-order valence-corrected chi connectivity index (χ4v) is 1.61. The molecule has 0 bridgehead atoms. The van der Waals surface area contributed by atoms with Gasteiger partial charge in [-0.25, -0.2) is 4.79 Å². The van der Waals surface area contributed by atoms with E-state index in [1.165, 1.54) is 6.92 Å². The maximum atomic E-state index is 10.7. The summed E-state index contributed by atoms with van der Waals surface area (Å²) in [5, 5.41) is 8.76. The zero-order valence-corrected chi connectivity index (χ0v) is 11.2. The van der Waals surface area contributed by atoms with Crippen LogP contribution in [-0.4, -0.2) is 17.2 Å². The largest absolute Gasteiger partial charge is 0.489 e. The number of carbonyl (C=O) groups is 1. The van der Waals surface area contributed by atoms with E-state index in [9.17, 15) is 4.79 Å². The summed E-state index contributed by atoms with van der Waals surface area (Å²) in [6, 6.07) is 16.8. The van der Waals surface area contributed by atoms with Crippen LogP contribution in [0.1, 0.15) is 12.5 Å². The second-order valence-corrected chi connectivity index (χ2v) is 4.34. The molecule has 2 aromatic rings. The van der Waals surface area contributed by atoms with E-state index in [4.69, 9.17) is 14.6 Å². The highest BCUT2D eigenvalue weighted by Crippen LogP contribution is 2.19. The van der Waals surface area contributed by atoms with Crippen LogP contribution in [0.2, 0.25) is 0 Å². The quantitative estimate of drug-likeness (QED) is 0.877. The highest BCUT2D eigenvalue weighted by molar-refractivity contribution is 5.72. The molecule has 1 N–H and O–H groups in total. The maximum absolute atomic E-state index is 10.7.